The van der Waals surface area contributed by atoms with Crippen molar-refractivity contribution in [1.29, 1.82) is 0 Å². The summed E-state index contributed by atoms with van der Waals surface area (Å²) in [6.07, 6.45) is 0.658. The predicted octanol–water partition coefficient (Wildman–Crippen LogP) is 2.22. The van der Waals surface area contributed by atoms with Gasteiger partial charge < -0.3 is 25.2 Å². The number of nitrogens with zero attached hydrogens (tertiary/aromatic N) is 2. The van der Waals surface area contributed by atoms with Gasteiger partial charge in [-0.25, -0.2) is 9.59 Å². The molecule has 2 atom stereocenters. The maximum atomic E-state index is 13.0. The quantitative estimate of drug-likeness (QED) is 0.430. The minimum absolute atomic E-state index is 0.0704. The Bertz CT molecular complexity index is 1190. The van der Waals surface area contributed by atoms with Gasteiger partial charge in [-0.15, -0.1) is 0 Å². The number of benzene rings is 2. The van der Waals surface area contributed by atoms with E-state index in [9.17, 15) is 19.5 Å². The number of aliphatic carboxylic acids is 1. The molecule has 0 bridgehead atoms. The Hall–Kier alpha value is -4.18. The Balaban J connectivity index is 1.49. The summed E-state index contributed by atoms with van der Waals surface area (Å²) in [4.78, 5) is 37.2. The van der Waals surface area contributed by atoms with Crippen LogP contribution in [0.15, 0.2) is 60.8 Å². The molecule has 0 saturated heterocycles. The van der Waals surface area contributed by atoms with Gasteiger partial charge in [0.25, 0.3) is 0 Å². The van der Waals surface area contributed by atoms with Crippen LogP contribution in [0.2, 0.25) is 0 Å². The number of ether oxygens (including phenoxy) is 2. The first-order valence-electron chi connectivity index (χ1n) is 11.0. The van der Waals surface area contributed by atoms with E-state index in [0.717, 1.165) is 22.3 Å². The molecule has 1 unspecified atom stereocenters. The van der Waals surface area contributed by atoms with E-state index in [1.54, 1.807) is 13.1 Å². The summed E-state index contributed by atoms with van der Waals surface area (Å²) in [5, 5.41) is 18.3. The molecule has 0 spiro atoms. The standard InChI is InChI=1S/C25H26N4O6/c1-29-21(11-12-26-29)22(23(30)27-20(14-34-2)24(31)32)28-25(33)35-13-19-17-9-5-3-7-15(17)16-8-4-6-10-18(16)19/h3-12,19-20,22H,13-14H2,1-2H3,(H,27,30)(H,28,33)(H,31,32)/t20-,22?/m0/s1. The number of carbonyl (C=O) groups excluding carboxylic acids is 2. The highest BCUT2D eigenvalue weighted by molar-refractivity contribution is 5.90. The van der Waals surface area contributed by atoms with Crippen LogP contribution in [0.25, 0.3) is 11.1 Å². The molecule has 35 heavy (non-hydrogen) atoms. The number of aromatic nitrogens is 2. The lowest BCUT2D eigenvalue weighted by Crippen LogP contribution is -2.49. The van der Waals surface area contributed by atoms with Gasteiger partial charge in [0.1, 0.15) is 6.61 Å². The van der Waals surface area contributed by atoms with Gasteiger partial charge in [-0.3, -0.25) is 9.48 Å². The van der Waals surface area contributed by atoms with Crippen LogP contribution in [0.1, 0.15) is 28.8 Å². The number of nitrogens with one attached hydrogen (secondary N) is 2. The maximum Gasteiger partial charge on any atom is 0.408 e. The summed E-state index contributed by atoms with van der Waals surface area (Å²) in [7, 11) is 2.94. The number of aryl methyl sites for hydroxylation is 1. The SMILES string of the molecule is COC[C@H](NC(=O)C(NC(=O)OCC1c2ccccc2-c2ccccc21)c1ccnn1C)C(=O)O. The zero-order chi connectivity index (χ0) is 24.9. The van der Waals surface area contributed by atoms with E-state index < -0.39 is 30.1 Å². The minimum Gasteiger partial charge on any atom is -0.480 e. The third-order valence-corrected chi connectivity index (χ3v) is 5.97. The normalized spacial score (nSPS) is 13.9. The van der Waals surface area contributed by atoms with Crippen molar-refractivity contribution in [2.45, 2.75) is 18.0 Å². The van der Waals surface area contributed by atoms with Gasteiger partial charge in [0.2, 0.25) is 5.91 Å². The highest BCUT2D eigenvalue weighted by Gasteiger charge is 2.32. The van der Waals surface area contributed by atoms with Crippen LogP contribution >= 0.6 is 0 Å². The fourth-order valence-electron chi connectivity index (χ4n) is 4.30. The number of amides is 2. The average molecular weight is 479 g/mol. The van der Waals surface area contributed by atoms with Crippen molar-refractivity contribution >= 4 is 18.0 Å². The summed E-state index contributed by atoms with van der Waals surface area (Å²) >= 11 is 0. The van der Waals surface area contributed by atoms with Crippen molar-refractivity contribution in [3.05, 3.63) is 77.6 Å². The summed E-state index contributed by atoms with van der Waals surface area (Å²) in [5.74, 6) is -2.13. The van der Waals surface area contributed by atoms with Crippen LogP contribution < -0.4 is 10.6 Å². The van der Waals surface area contributed by atoms with E-state index in [1.165, 1.54) is 18.0 Å². The minimum atomic E-state index is -1.28. The molecule has 0 saturated carbocycles. The Kier molecular flexibility index (Phi) is 7.11. The molecule has 0 aliphatic heterocycles. The third kappa shape index (κ3) is 5.02. The Morgan fingerprint density at radius 3 is 2.20 bits per heavy atom. The highest BCUT2D eigenvalue weighted by atomic mass is 16.5. The molecule has 182 valence electrons. The lowest BCUT2D eigenvalue weighted by atomic mass is 9.98. The molecule has 2 aromatic carbocycles. The molecule has 10 heteroatoms. The first kappa shape index (κ1) is 24.0. The van der Waals surface area contributed by atoms with Gasteiger partial charge in [0.05, 0.1) is 12.3 Å². The third-order valence-electron chi connectivity index (χ3n) is 5.97. The number of carboxylic acid groups (broad SMARTS) is 1. The van der Waals surface area contributed by atoms with Crippen LogP contribution in [-0.2, 0) is 26.1 Å². The van der Waals surface area contributed by atoms with Gasteiger partial charge in [-0.2, -0.15) is 5.10 Å². The zero-order valence-electron chi connectivity index (χ0n) is 19.3. The lowest BCUT2D eigenvalue weighted by molar-refractivity contribution is -0.143. The molecule has 3 N–H and O–H groups in total. The number of rotatable bonds is 9. The van der Waals surface area contributed by atoms with E-state index in [0.29, 0.717) is 5.69 Å². The summed E-state index contributed by atoms with van der Waals surface area (Å²) < 4.78 is 11.8. The van der Waals surface area contributed by atoms with Gasteiger partial charge in [-0.05, 0) is 28.3 Å². The molecule has 1 heterocycles. The van der Waals surface area contributed by atoms with Gasteiger partial charge in [0.15, 0.2) is 12.1 Å². The number of alkyl carbamates (subject to hydrolysis) is 1. The van der Waals surface area contributed by atoms with Crippen molar-refractivity contribution in [1.82, 2.24) is 20.4 Å². The topological polar surface area (TPSA) is 132 Å². The number of hydrogen-bond donors (Lipinski definition) is 3. The molecule has 3 aromatic rings. The van der Waals surface area contributed by atoms with E-state index in [1.807, 2.05) is 48.5 Å². The van der Waals surface area contributed by atoms with E-state index >= 15 is 0 Å². The second-order valence-corrected chi connectivity index (χ2v) is 8.14. The molecular formula is C25H26N4O6. The predicted molar refractivity (Wildman–Crippen MR) is 126 cm³/mol. The molecule has 0 fully saturated rings. The summed E-state index contributed by atoms with van der Waals surface area (Å²) in [6.45, 7) is -0.162. The van der Waals surface area contributed by atoms with Crippen molar-refractivity contribution in [3.8, 4) is 11.1 Å². The monoisotopic (exact) mass is 478 g/mol. The molecule has 0 radical (unpaired) electrons. The number of fused-ring (bicyclic) bond motifs is 3. The van der Waals surface area contributed by atoms with E-state index in [2.05, 4.69) is 15.7 Å². The molecule has 2 amide bonds. The first-order valence-corrected chi connectivity index (χ1v) is 11.0. The largest absolute Gasteiger partial charge is 0.480 e. The van der Waals surface area contributed by atoms with Crippen LogP contribution in [-0.4, -0.2) is 59.2 Å². The lowest BCUT2D eigenvalue weighted by Gasteiger charge is -2.22. The number of carbonyl (C=O) groups is 3. The Morgan fingerprint density at radius 2 is 1.66 bits per heavy atom. The second-order valence-electron chi connectivity index (χ2n) is 8.14. The smallest absolute Gasteiger partial charge is 0.408 e. The molecular weight excluding hydrogens is 452 g/mol. The molecule has 10 nitrogen and oxygen atoms in total. The van der Waals surface area contributed by atoms with E-state index in [-0.39, 0.29) is 19.1 Å². The average Bonchev–Trinajstić information content (AvgIpc) is 3.41. The number of carboxylic acids is 1. The Morgan fingerprint density at radius 1 is 1.03 bits per heavy atom. The Labute approximate surface area is 201 Å². The van der Waals surface area contributed by atoms with Gasteiger partial charge in [-0.1, -0.05) is 48.5 Å². The molecule has 4 rings (SSSR count). The second kappa shape index (κ2) is 10.4. The zero-order valence-corrected chi connectivity index (χ0v) is 19.3. The molecule has 1 aliphatic carbocycles. The van der Waals surface area contributed by atoms with Crippen molar-refractivity contribution < 1.29 is 29.0 Å². The van der Waals surface area contributed by atoms with Crippen LogP contribution in [0, 0.1) is 0 Å². The fourth-order valence-corrected chi connectivity index (χ4v) is 4.30. The first-order chi connectivity index (χ1) is 16.9. The van der Waals surface area contributed by atoms with Crippen molar-refractivity contribution in [3.63, 3.8) is 0 Å². The number of hydrogen-bond acceptors (Lipinski definition) is 6. The highest BCUT2D eigenvalue weighted by Crippen LogP contribution is 2.44. The summed E-state index contributed by atoms with van der Waals surface area (Å²) in [5.41, 5.74) is 4.68. The fraction of sp³-hybridized carbons (Fsp3) is 0.280. The summed E-state index contributed by atoms with van der Waals surface area (Å²) in [6, 6.07) is 15.0. The van der Waals surface area contributed by atoms with Crippen LogP contribution in [0.3, 0.4) is 0 Å². The van der Waals surface area contributed by atoms with Crippen LogP contribution in [0.4, 0.5) is 4.79 Å². The molecule has 1 aliphatic rings. The van der Waals surface area contributed by atoms with Crippen molar-refractivity contribution in [2.24, 2.45) is 7.05 Å². The molecule has 1 aromatic heterocycles. The van der Waals surface area contributed by atoms with Gasteiger partial charge >= 0.3 is 12.1 Å². The van der Waals surface area contributed by atoms with Crippen LogP contribution in [0.5, 0.6) is 0 Å². The van der Waals surface area contributed by atoms with Gasteiger partial charge in [0, 0.05) is 26.3 Å². The number of methoxy groups -OCH3 is 1. The van der Waals surface area contributed by atoms with Crippen molar-refractivity contribution in [2.75, 3.05) is 20.3 Å². The maximum absolute atomic E-state index is 13.0. The van der Waals surface area contributed by atoms with E-state index in [4.69, 9.17) is 9.47 Å².